The van der Waals surface area contributed by atoms with Gasteiger partial charge in [0.05, 0.1) is 23.8 Å². The van der Waals surface area contributed by atoms with Gasteiger partial charge in [0.2, 0.25) is 0 Å². The van der Waals surface area contributed by atoms with Crippen LogP contribution in [0.3, 0.4) is 0 Å². The number of nitrogens with zero attached hydrogens (tertiary/aromatic N) is 1. The zero-order chi connectivity index (χ0) is 22.8. The van der Waals surface area contributed by atoms with Gasteiger partial charge in [-0.2, -0.15) is 13.2 Å². The molecule has 2 saturated heterocycles. The van der Waals surface area contributed by atoms with E-state index in [1.54, 1.807) is 30.3 Å². The van der Waals surface area contributed by atoms with Gasteiger partial charge in [0, 0.05) is 44.5 Å². The molecule has 2 aromatic carbocycles. The SMILES string of the molecule is CC1CCC[N+]1(c1ccc(NC(=O)COc2ccccc2)c(C(F)(F)F)c1)C1CCNC1. The number of ether oxygens (including phenoxy) is 1. The molecule has 0 bridgehead atoms. The van der Waals surface area contributed by atoms with Crippen molar-refractivity contribution in [3.63, 3.8) is 0 Å². The summed E-state index contributed by atoms with van der Waals surface area (Å²) in [4.78, 5) is 12.3. The van der Waals surface area contributed by atoms with Crippen LogP contribution in [0.2, 0.25) is 0 Å². The number of quaternary nitrogens is 1. The Morgan fingerprint density at radius 1 is 1.19 bits per heavy atom. The molecule has 0 aliphatic carbocycles. The Hall–Kier alpha value is -2.58. The third kappa shape index (κ3) is 4.47. The molecule has 2 aliphatic heterocycles. The van der Waals surface area contributed by atoms with E-state index in [1.807, 2.05) is 6.07 Å². The summed E-state index contributed by atoms with van der Waals surface area (Å²) in [7, 11) is 0. The number of carbonyl (C=O) groups is 1. The molecule has 8 heteroatoms. The molecule has 3 atom stereocenters. The number of nitrogens with one attached hydrogen (secondary N) is 2. The molecule has 5 nitrogen and oxygen atoms in total. The predicted octanol–water partition coefficient (Wildman–Crippen LogP) is 4.57. The number of hydrogen-bond donors (Lipinski definition) is 2. The number of likely N-dealkylation sites (tertiary alicyclic amines) is 1. The van der Waals surface area contributed by atoms with Crippen molar-refractivity contribution < 1.29 is 22.7 Å². The predicted molar refractivity (Wildman–Crippen MR) is 119 cm³/mol. The Labute approximate surface area is 186 Å². The fourth-order valence-corrected chi connectivity index (χ4v) is 5.26. The van der Waals surface area contributed by atoms with Crippen molar-refractivity contribution in [2.75, 3.05) is 31.6 Å². The zero-order valence-electron chi connectivity index (χ0n) is 18.1. The number of benzene rings is 2. The first kappa shape index (κ1) is 22.6. The molecular weight excluding hydrogens is 419 g/mol. The molecule has 32 heavy (non-hydrogen) atoms. The van der Waals surface area contributed by atoms with Crippen LogP contribution in [0, 0.1) is 0 Å². The van der Waals surface area contributed by atoms with Crippen LogP contribution in [-0.2, 0) is 11.0 Å². The van der Waals surface area contributed by atoms with E-state index in [9.17, 15) is 18.0 Å². The fourth-order valence-electron chi connectivity index (χ4n) is 5.26. The molecular formula is C24H29F3N3O2+. The van der Waals surface area contributed by atoms with Crippen molar-refractivity contribution in [3.05, 3.63) is 54.1 Å². The van der Waals surface area contributed by atoms with Gasteiger partial charge in [-0.3, -0.25) is 9.28 Å². The van der Waals surface area contributed by atoms with E-state index < -0.39 is 17.6 Å². The number of rotatable bonds is 6. The number of para-hydroxylation sites is 1. The minimum atomic E-state index is -4.58. The summed E-state index contributed by atoms with van der Waals surface area (Å²) in [5, 5.41) is 5.76. The average molecular weight is 449 g/mol. The van der Waals surface area contributed by atoms with Gasteiger partial charge in [-0.1, -0.05) is 18.2 Å². The number of alkyl halides is 3. The molecule has 0 aromatic heterocycles. The summed E-state index contributed by atoms with van der Waals surface area (Å²) in [5.41, 5.74) is -0.377. The Morgan fingerprint density at radius 3 is 2.59 bits per heavy atom. The third-order valence-electron chi connectivity index (χ3n) is 6.80. The molecule has 0 radical (unpaired) electrons. The number of halogens is 3. The smallest absolute Gasteiger partial charge is 0.418 e. The van der Waals surface area contributed by atoms with Crippen molar-refractivity contribution in [2.45, 2.75) is 44.4 Å². The van der Waals surface area contributed by atoms with Gasteiger partial charge in [-0.15, -0.1) is 0 Å². The van der Waals surface area contributed by atoms with Gasteiger partial charge < -0.3 is 15.4 Å². The summed E-state index contributed by atoms with van der Waals surface area (Å²) in [5.74, 6) is -0.154. The second kappa shape index (κ2) is 9.11. The highest BCUT2D eigenvalue weighted by atomic mass is 19.4. The van der Waals surface area contributed by atoms with Crippen LogP contribution in [0.25, 0.3) is 0 Å². The number of hydrogen-bond acceptors (Lipinski definition) is 3. The summed E-state index contributed by atoms with van der Waals surface area (Å²) < 4.78 is 48.0. The lowest BCUT2D eigenvalue weighted by Crippen LogP contribution is -2.59. The molecule has 2 heterocycles. The summed E-state index contributed by atoms with van der Waals surface area (Å²) >= 11 is 0. The van der Waals surface area contributed by atoms with E-state index in [0.29, 0.717) is 15.9 Å². The van der Waals surface area contributed by atoms with Crippen molar-refractivity contribution in [1.29, 1.82) is 0 Å². The van der Waals surface area contributed by atoms with E-state index in [4.69, 9.17) is 4.74 Å². The van der Waals surface area contributed by atoms with Crippen molar-refractivity contribution in [3.8, 4) is 5.75 Å². The highest BCUT2D eigenvalue weighted by Crippen LogP contribution is 2.43. The average Bonchev–Trinajstić information content (AvgIpc) is 3.43. The van der Waals surface area contributed by atoms with E-state index in [-0.39, 0.29) is 24.4 Å². The minimum Gasteiger partial charge on any atom is -0.484 e. The molecule has 2 aromatic rings. The molecule has 2 aliphatic rings. The van der Waals surface area contributed by atoms with Gasteiger partial charge in [0.1, 0.15) is 17.5 Å². The number of amides is 1. The van der Waals surface area contributed by atoms with E-state index >= 15 is 0 Å². The maximum absolute atomic E-state index is 14.0. The van der Waals surface area contributed by atoms with Gasteiger partial charge in [0.25, 0.3) is 5.91 Å². The van der Waals surface area contributed by atoms with E-state index in [0.717, 1.165) is 38.9 Å². The number of carbonyl (C=O) groups excluding carboxylic acids is 1. The molecule has 2 fully saturated rings. The Bertz CT molecular complexity index is 945. The Morgan fingerprint density at radius 2 is 1.97 bits per heavy atom. The van der Waals surface area contributed by atoms with Crippen LogP contribution in [-0.4, -0.2) is 44.2 Å². The monoisotopic (exact) mass is 448 g/mol. The maximum Gasteiger partial charge on any atom is 0.418 e. The van der Waals surface area contributed by atoms with Crippen molar-refractivity contribution in [1.82, 2.24) is 9.80 Å². The summed E-state index contributed by atoms with van der Waals surface area (Å²) in [6.07, 6.45) is -1.65. The fraction of sp³-hybridized carbons (Fsp3) is 0.458. The molecule has 172 valence electrons. The first-order valence-corrected chi connectivity index (χ1v) is 11.1. The lowest BCUT2D eigenvalue weighted by atomic mass is 10.0. The minimum absolute atomic E-state index is 0.238. The van der Waals surface area contributed by atoms with E-state index in [2.05, 4.69) is 17.6 Å². The maximum atomic E-state index is 14.0. The molecule has 3 unspecified atom stereocenters. The first-order chi connectivity index (χ1) is 15.3. The van der Waals surface area contributed by atoms with Gasteiger partial charge >= 0.3 is 6.18 Å². The van der Waals surface area contributed by atoms with Gasteiger partial charge in [0.15, 0.2) is 6.61 Å². The van der Waals surface area contributed by atoms with E-state index in [1.165, 1.54) is 12.1 Å². The standard InChI is InChI=1S/C24H28F3N3O2/c1-17-6-5-13-30(17,19-11-12-28-15-19)18-9-10-22(21(14-18)24(25,26)27)29-23(31)16-32-20-7-3-2-4-8-20/h2-4,7-10,14,17,19,28H,5-6,11-13,15-16H2,1H3/p+1. The molecule has 0 spiro atoms. The normalized spacial score (nSPS) is 25.6. The van der Waals surface area contributed by atoms with Gasteiger partial charge in [-0.05, 0) is 25.1 Å². The quantitative estimate of drug-likeness (QED) is 0.637. The van der Waals surface area contributed by atoms with Crippen LogP contribution in [0.15, 0.2) is 48.5 Å². The van der Waals surface area contributed by atoms with Crippen LogP contribution in [0.1, 0.15) is 31.7 Å². The second-order valence-electron chi connectivity index (χ2n) is 8.67. The highest BCUT2D eigenvalue weighted by Gasteiger charge is 2.49. The van der Waals surface area contributed by atoms with Crippen molar-refractivity contribution in [2.24, 2.45) is 0 Å². The summed E-state index contributed by atoms with van der Waals surface area (Å²) in [6, 6.07) is 13.6. The zero-order valence-corrected chi connectivity index (χ0v) is 18.1. The first-order valence-electron chi connectivity index (χ1n) is 11.1. The Kier molecular flexibility index (Phi) is 6.44. The largest absolute Gasteiger partial charge is 0.484 e. The van der Waals surface area contributed by atoms with Crippen LogP contribution >= 0.6 is 0 Å². The highest BCUT2D eigenvalue weighted by molar-refractivity contribution is 5.93. The molecule has 2 N–H and O–H groups in total. The second-order valence-corrected chi connectivity index (χ2v) is 8.67. The molecule has 0 saturated carbocycles. The van der Waals surface area contributed by atoms with Crippen LogP contribution in [0.5, 0.6) is 5.75 Å². The summed E-state index contributed by atoms with van der Waals surface area (Å²) in [6.45, 7) is 4.30. The van der Waals surface area contributed by atoms with Crippen LogP contribution < -0.4 is 19.9 Å². The molecule has 1 amide bonds. The molecule has 4 rings (SSSR count). The lowest BCUT2D eigenvalue weighted by molar-refractivity contribution is -0.137. The van der Waals surface area contributed by atoms with Crippen molar-refractivity contribution >= 4 is 17.3 Å². The Balaban J connectivity index is 1.60. The lowest BCUT2D eigenvalue weighted by Gasteiger charge is -2.43. The third-order valence-corrected chi connectivity index (χ3v) is 6.80. The van der Waals surface area contributed by atoms with Gasteiger partial charge in [-0.25, -0.2) is 0 Å². The topological polar surface area (TPSA) is 50.4 Å². The van der Waals surface area contributed by atoms with Crippen LogP contribution in [0.4, 0.5) is 24.5 Å². The number of anilines is 1.